The third-order valence-corrected chi connectivity index (χ3v) is 4.18. The number of hydrogen-bond acceptors (Lipinski definition) is 4. The van der Waals surface area contributed by atoms with Gasteiger partial charge in [-0.05, 0) is 56.5 Å². The van der Waals surface area contributed by atoms with E-state index in [9.17, 15) is 9.90 Å². The summed E-state index contributed by atoms with van der Waals surface area (Å²) in [5, 5.41) is 13.8. The molecule has 1 atom stereocenters. The van der Waals surface area contributed by atoms with Crippen molar-refractivity contribution in [3.8, 4) is 0 Å². The van der Waals surface area contributed by atoms with Gasteiger partial charge in [0.25, 0.3) is 0 Å². The zero-order chi connectivity index (χ0) is 14.1. The first-order valence-electron chi connectivity index (χ1n) is 7.22. The lowest BCUT2D eigenvalue weighted by Crippen LogP contribution is -2.30. The maximum Gasteiger partial charge on any atom is 0.419 e. The highest BCUT2D eigenvalue weighted by atomic mass is 16.4. The van der Waals surface area contributed by atoms with Crippen LogP contribution < -0.4 is 11.1 Å². The van der Waals surface area contributed by atoms with Crippen molar-refractivity contribution in [1.29, 1.82) is 0 Å². The molecular weight excluding hydrogens is 256 g/mol. The Balaban J connectivity index is 1.94. The molecular formula is C15H20N2O3. The first-order valence-corrected chi connectivity index (χ1v) is 7.22. The number of nitrogens with zero attached hydrogens (tertiary/aromatic N) is 1. The molecule has 5 heteroatoms. The molecule has 0 amide bonds. The van der Waals surface area contributed by atoms with Crippen molar-refractivity contribution in [3.05, 3.63) is 34.3 Å². The van der Waals surface area contributed by atoms with E-state index < -0.39 is 6.10 Å². The summed E-state index contributed by atoms with van der Waals surface area (Å²) in [5.74, 6) is -0.0651. The topological polar surface area (TPSA) is 67.4 Å². The van der Waals surface area contributed by atoms with Gasteiger partial charge < -0.3 is 14.8 Å². The van der Waals surface area contributed by atoms with Gasteiger partial charge in [0.2, 0.25) is 0 Å². The molecule has 0 aliphatic carbocycles. The Bertz CT molecular complexity index is 653. The number of nitrogens with one attached hydrogen (secondary N) is 1. The van der Waals surface area contributed by atoms with Gasteiger partial charge in [0.1, 0.15) is 0 Å². The van der Waals surface area contributed by atoms with E-state index in [2.05, 4.69) is 5.32 Å². The monoisotopic (exact) mass is 276 g/mol. The Morgan fingerprint density at radius 2 is 2.20 bits per heavy atom. The smallest absolute Gasteiger partial charge is 0.408 e. The number of aliphatic hydroxyl groups is 1. The lowest BCUT2D eigenvalue weighted by Gasteiger charge is -2.27. The fraction of sp³-hybridized carbons (Fsp3) is 0.533. The fourth-order valence-corrected chi connectivity index (χ4v) is 3.00. The number of benzene rings is 1. The Kier molecular flexibility index (Phi) is 3.63. The van der Waals surface area contributed by atoms with Crippen LogP contribution in [0.3, 0.4) is 0 Å². The molecule has 1 fully saturated rings. The largest absolute Gasteiger partial charge is 0.419 e. The number of fused-ring (bicyclic) bond motifs is 1. The van der Waals surface area contributed by atoms with Crippen molar-refractivity contribution in [2.24, 2.45) is 5.92 Å². The van der Waals surface area contributed by atoms with E-state index in [0.717, 1.165) is 37.0 Å². The molecule has 5 nitrogen and oxygen atoms in total. The normalized spacial score (nSPS) is 18.5. The van der Waals surface area contributed by atoms with Gasteiger partial charge in [-0.25, -0.2) is 4.79 Å². The summed E-state index contributed by atoms with van der Waals surface area (Å²) in [7, 11) is 0. The van der Waals surface area contributed by atoms with Crippen molar-refractivity contribution >= 4 is 11.1 Å². The van der Waals surface area contributed by atoms with Crippen molar-refractivity contribution in [1.82, 2.24) is 9.88 Å². The van der Waals surface area contributed by atoms with E-state index in [-0.39, 0.29) is 11.7 Å². The quantitative estimate of drug-likeness (QED) is 0.894. The molecule has 1 unspecified atom stereocenters. The van der Waals surface area contributed by atoms with Crippen LogP contribution in [0.4, 0.5) is 0 Å². The summed E-state index contributed by atoms with van der Waals surface area (Å²) in [4.78, 5) is 11.7. The molecule has 2 N–H and O–H groups in total. The first-order chi connectivity index (χ1) is 9.70. The standard InChI is InChI=1S/C15H20N2O3/c1-2-17-12-4-3-11(9-13(12)20-15(17)19)14(18)10-5-7-16-8-6-10/h3-4,9-10,14,16,18H,2,5-8H2,1H3. The number of rotatable bonds is 3. The van der Waals surface area contributed by atoms with Crippen LogP contribution in [-0.4, -0.2) is 22.8 Å². The highest BCUT2D eigenvalue weighted by Gasteiger charge is 2.23. The maximum absolute atomic E-state index is 11.7. The molecule has 1 aliphatic rings. The van der Waals surface area contributed by atoms with Crippen molar-refractivity contribution in [3.63, 3.8) is 0 Å². The van der Waals surface area contributed by atoms with Gasteiger partial charge in [-0.1, -0.05) is 6.07 Å². The van der Waals surface area contributed by atoms with Crippen LogP contribution in [0.5, 0.6) is 0 Å². The molecule has 0 saturated carbocycles. The predicted molar refractivity (Wildman–Crippen MR) is 76.7 cm³/mol. The molecule has 20 heavy (non-hydrogen) atoms. The summed E-state index contributed by atoms with van der Waals surface area (Å²) in [6, 6.07) is 5.56. The Hall–Kier alpha value is -1.59. The second kappa shape index (κ2) is 5.42. The zero-order valence-electron chi connectivity index (χ0n) is 11.6. The van der Waals surface area contributed by atoms with Gasteiger partial charge in [-0.15, -0.1) is 0 Å². The molecule has 1 aromatic heterocycles. The zero-order valence-corrected chi connectivity index (χ0v) is 11.6. The van der Waals surface area contributed by atoms with Gasteiger partial charge in [0.05, 0.1) is 11.6 Å². The summed E-state index contributed by atoms with van der Waals surface area (Å²) >= 11 is 0. The number of aryl methyl sites for hydroxylation is 1. The molecule has 2 heterocycles. The maximum atomic E-state index is 11.7. The molecule has 0 bridgehead atoms. The van der Waals surface area contributed by atoms with Crippen LogP contribution in [0.15, 0.2) is 27.4 Å². The Morgan fingerprint density at radius 1 is 1.45 bits per heavy atom. The summed E-state index contributed by atoms with van der Waals surface area (Å²) < 4.78 is 6.85. The molecule has 3 rings (SSSR count). The number of aliphatic hydroxyl groups excluding tert-OH is 1. The second-order valence-electron chi connectivity index (χ2n) is 5.37. The van der Waals surface area contributed by atoms with Crippen LogP contribution >= 0.6 is 0 Å². The van der Waals surface area contributed by atoms with Crippen LogP contribution in [0, 0.1) is 5.92 Å². The van der Waals surface area contributed by atoms with Gasteiger partial charge in [0.15, 0.2) is 5.58 Å². The SMILES string of the molecule is CCn1c(=O)oc2cc(C(O)C3CCNCC3)ccc21. The van der Waals surface area contributed by atoms with E-state index in [1.165, 1.54) is 0 Å². The van der Waals surface area contributed by atoms with Gasteiger partial charge >= 0.3 is 5.76 Å². The van der Waals surface area contributed by atoms with Crippen molar-refractivity contribution in [2.75, 3.05) is 13.1 Å². The van der Waals surface area contributed by atoms with E-state index in [1.807, 2.05) is 19.1 Å². The molecule has 1 saturated heterocycles. The van der Waals surface area contributed by atoms with Crippen molar-refractivity contribution < 1.29 is 9.52 Å². The van der Waals surface area contributed by atoms with E-state index >= 15 is 0 Å². The summed E-state index contributed by atoms with van der Waals surface area (Å²) in [5.41, 5.74) is 2.18. The van der Waals surface area contributed by atoms with Crippen LogP contribution in [0.1, 0.15) is 31.4 Å². The van der Waals surface area contributed by atoms with Gasteiger partial charge in [0, 0.05) is 6.54 Å². The molecule has 1 aromatic carbocycles. The minimum atomic E-state index is -0.489. The molecule has 2 aromatic rings. The number of aromatic nitrogens is 1. The van der Waals surface area contributed by atoms with E-state index in [4.69, 9.17) is 4.42 Å². The minimum absolute atomic E-state index is 0.272. The van der Waals surface area contributed by atoms with Gasteiger partial charge in [-0.3, -0.25) is 4.57 Å². The van der Waals surface area contributed by atoms with Crippen LogP contribution in [-0.2, 0) is 6.54 Å². The second-order valence-corrected chi connectivity index (χ2v) is 5.37. The average Bonchev–Trinajstić information content (AvgIpc) is 2.81. The summed E-state index contributed by atoms with van der Waals surface area (Å²) in [6.45, 7) is 4.40. The molecule has 108 valence electrons. The predicted octanol–water partition coefficient (Wildman–Crippen LogP) is 1.65. The fourth-order valence-electron chi connectivity index (χ4n) is 3.00. The average molecular weight is 276 g/mol. The van der Waals surface area contributed by atoms with Gasteiger partial charge in [-0.2, -0.15) is 0 Å². The summed E-state index contributed by atoms with van der Waals surface area (Å²) in [6.07, 6.45) is 1.45. The highest BCUT2D eigenvalue weighted by Crippen LogP contribution is 2.30. The highest BCUT2D eigenvalue weighted by molar-refractivity contribution is 5.73. The van der Waals surface area contributed by atoms with Crippen LogP contribution in [0.25, 0.3) is 11.1 Å². The molecule has 1 aliphatic heterocycles. The third-order valence-electron chi connectivity index (χ3n) is 4.18. The lowest BCUT2D eigenvalue weighted by atomic mass is 9.88. The Morgan fingerprint density at radius 3 is 2.90 bits per heavy atom. The van der Waals surface area contributed by atoms with Crippen molar-refractivity contribution in [2.45, 2.75) is 32.4 Å². The minimum Gasteiger partial charge on any atom is -0.408 e. The lowest BCUT2D eigenvalue weighted by molar-refractivity contribution is 0.0890. The first kappa shape index (κ1) is 13.4. The van der Waals surface area contributed by atoms with E-state index in [1.54, 1.807) is 10.6 Å². The number of oxazole rings is 1. The molecule has 0 radical (unpaired) electrons. The third kappa shape index (κ3) is 2.27. The van der Waals surface area contributed by atoms with E-state index in [0.29, 0.717) is 12.1 Å². The van der Waals surface area contributed by atoms with Crippen LogP contribution in [0.2, 0.25) is 0 Å². The number of hydrogen-bond donors (Lipinski definition) is 2. The number of piperidine rings is 1. The Labute approximate surface area is 117 Å². The molecule has 0 spiro atoms.